The molecule has 1 unspecified atom stereocenters. The average Bonchev–Trinajstić information content (AvgIpc) is 2.83. The van der Waals surface area contributed by atoms with E-state index in [9.17, 15) is 13.7 Å². The molecule has 8 heteroatoms. The van der Waals surface area contributed by atoms with Crippen molar-refractivity contribution in [2.24, 2.45) is 5.92 Å². The first-order valence-electron chi connectivity index (χ1n) is 6.88. The van der Waals surface area contributed by atoms with E-state index in [1.165, 1.54) is 0 Å². The number of hydrogen-bond donors (Lipinski definition) is 1. The molecule has 22 heavy (non-hydrogen) atoms. The third kappa shape index (κ3) is 3.82. The standard InChI is InChI=1S/C14H17Br2N3O2S/c1-9(2)13-6-11(7-19(13)8-17)18-22(20,21)14-5-10(15)3-4-12(14)16/h3-5,9,11,13,18H,6-7H2,1-2H3/t11?,13-/m1/s1. The molecule has 1 N–H and O–H groups in total. The first kappa shape index (κ1) is 17.7. The number of benzene rings is 1. The van der Waals surface area contributed by atoms with Gasteiger partial charge in [-0.25, -0.2) is 13.1 Å². The minimum Gasteiger partial charge on any atom is -0.306 e. The van der Waals surface area contributed by atoms with Crippen LogP contribution in [0.4, 0.5) is 0 Å². The van der Waals surface area contributed by atoms with Gasteiger partial charge in [0.2, 0.25) is 10.0 Å². The summed E-state index contributed by atoms with van der Waals surface area (Å²) in [6.07, 6.45) is 2.79. The lowest BCUT2D eigenvalue weighted by Crippen LogP contribution is -2.36. The Morgan fingerprint density at radius 2 is 2.09 bits per heavy atom. The molecule has 0 aliphatic carbocycles. The van der Waals surface area contributed by atoms with Crippen LogP contribution in [0.2, 0.25) is 0 Å². The van der Waals surface area contributed by atoms with Gasteiger partial charge >= 0.3 is 0 Å². The average molecular weight is 451 g/mol. The van der Waals surface area contributed by atoms with E-state index >= 15 is 0 Å². The Kier molecular flexibility index (Phi) is 5.54. The van der Waals surface area contributed by atoms with Crippen molar-refractivity contribution < 1.29 is 8.42 Å². The number of sulfonamides is 1. The van der Waals surface area contributed by atoms with Gasteiger partial charge in [0.05, 0.1) is 4.90 Å². The van der Waals surface area contributed by atoms with Gasteiger partial charge in [0, 0.05) is 27.6 Å². The molecule has 2 atom stereocenters. The summed E-state index contributed by atoms with van der Waals surface area (Å²) in [6, 6.07) is 4.83. The number of halogens is 2. The molecule has 1 aromatic rings. The van der Waals surface area contributed by atoms with E-state index in [1.54, 1.807) is 23.1 Å². The maximum Gasteiger partial charge on any atom is 0.242 e. The molecule has 120 valence electrons. The van der Waals surface area contributed by atoms with Crippen LogP contribution in [0.5, 0.6) is 0 Å². The monoisotopic (exact) mass is 449 g/mol. The van der Waals surface area contributed by atoms with Crippen molar-refractivity contribution in [3.63, 3.8) is 0 Å². The lowest BCUT2D eigenvalue weighted by Gasteiger charge is -2.21. The van der Waals surface area contributed by atoms with Gasteiger partial charge in [0.25, 0.3) is 0 Å². The van der Waals surface area contributed by atoms with Crippen LogP contribution in [0.3, 0.4) is 0 Å². The summed E-state index contributed by atoms with van der Waals surface area (Å²) in [4.78, 5) is 1.85. The van der Waals surface area contributed by atoms with Crippen molar-refractivity contribution in [3.05, 3.63) is 27.1 Å². The van der Waals surface area contributed by atoms with E-state index in [4.69, 9.17) is 0 Å². The highest BCUT2D eigenvalue weighted by Crippen LogP contribution is 2.28. The summed E-state index contributed by atoms with van der Waals surface area (Å²) in [5.74, 6) is 0.298. The molecular weight excluding hydrogens is 434 g/mol. The van der Waals surface area contributed by atoms with Crippen LogP contribution in [0.1, 0.15) is 20.3 Å². The Morgan fingerprint density at radius 1 is 1.41 bits per heavy atom. The molecule has 0 saturated carbocycles. The number of likely N-dealkylation sites (tertiary alicyclic amines) is 1. The Morgan fingerprint density at radius 3 is 2.64 bits per heavy atom. The van der Waals surface area contributed by atoms with E-state index in [1.807, 2.05) is 13.8 Å². The SMILES string of the molecule is CC(C)[C@H]1CC(NS(=O)(=O)c2cc(Br)ccc2Br)CN1C#N. The normalized spacial score (nSPS) is 22.1. The van der Waals surface area contributed by atoms with Gasteiger partial charge in [-0.2, -0.15) is 5.26 Å². The first-order chi connectivity index (χ1) is 10.2. The molecule has 1 fully saturated rings. The maximum absolute atomic E-state index is 12.6. The predicted molar refractivity (Wildman–Crippen MR) is 91.5 cm³/mol. The largest absolute Gasteiger partial charge is 0.306 e. The topological polar surface area (TPSA) is 73.2 Å². The Balaban J connectivity index is 2.20. The van der Waals surface area contributed by atoms with Crippen molar-refractivity contribution in [3.8, 4) is 6.19 Å². The lowest BCUT2D eigenvalue weighted by molar-refractivity contribution is 0.291. The zero-order valence-corrected chi connectivity index (χ0v) is 16.2. The van der Waals surface area contributed by atoms with Crippen LogP contribution in [0.25, 0.3) is 0 Å². The molecule has 0 bridgehead atoms. The summed E-state index contributed by atoms with van der Waals surface area (Å²) in [6.45, 7) is 4.48. The molecule has 0 aromatic heterocycles. The van der Waals surface area contributed by atoms with Gasteiger partial charge in [-0.1, -0.05) is 29.8 Å². The van der Waals surface area contributed by atoms with Crippen molar-refractivity contribution in [1.82, 2.24) is 9.62 Å². The van der Waals surface area contributed by atoms with Gasteiger partial charge in [-0.3, -0.25) is 0 Å². The van der Waals surface area contributed by atoms with Crippen LogP contribution in [0, 0.1) is 17.4 Å². The van der Waals surface area contributed by atoms with Crippen molar-refractivity contribution in [2.45, 2.75) is 37.2 Å². The summed E-state index contributed by atoms with van der Waals surface area (Å²) < 4.78 is 29.1. The van der Waals surface area contributed by atoms with Gasteiger partial charge < -0.3 is 4.90 Å². The number of nitrogens with one attached hydrogen (secondary N) is 1. The molecular formula is C14H17Br2N3O2S. The number of nitriles is 1. The molecule has 1 aliphatic heterocycles. The van der Waals surface area contributed by atoms with Crippen LogP contribution >= 0.6 is 31.9 Å². The molecule has 1 saturated heterocycles. The molecule has 2 rings (SSSR count). The second kappa shape index (κ2) is 6.87. The van der Waals surface area contributed by atoms with Gasteiger partial charge in [-0.05, 0) is 46.5 Å². The maximum atomic E-state index is 12.6. The summed E-state index contributed by atoms with van der Waals surface area (Å²) in [7, 11) is -3.64. The minimum atomic E-state index is -3.64. The predicted octanol–water partition coefficient (Wildman–Crippen LogP) is 3.07. The van der Waals surface area contributed by atoms with Crippen molar-refractivity contribution >= 4 is 41.9 Å². The number of hydrogen-bond acceptors (Lipinski definition) is 4. The molecule has 5 nitrogen and oxygen atoms in total. The Hall–Kier alpha value is -0.620. The molecule has 1 heterocycles. The second-order valence-corrected chi connectivity index (χ2v) is 9.14. The van der Waals surface area contributed by atoms with E-state index in [0.29, 0.717) is 27.8 Å². The zero-order chi connectivity index (χ0) is 16.5. The fraction of sp³-hybridized carbons (Fsp3) is 0.500. The highest BCUT2D eigenvalue weighted by Gasteiger charge is 2.36. The lowest BCUT2D eigenvalue weighted by atomic mass is 10.0. The molecule has 1 aliphatic rings. The van der Waals surface area contributed by atoms with Crippen molar-refractivity contribution in [2.75, 3.05) is 6.54 Å². The van der Waals surface area contributed by atoms with Crippen LogP contribution in [-0.2, 0) is 10.0 Å². The minimum absolute atomic E-state index is 0.0728. The van der Waals surface area contributed by atoms with Gasteiger partial charge in [-0.15, -0.1) is 0 Å². The van der Waals surface area contributed by atoms with E-state index in [-0.39, 0.29) is 17.0 Å². The van der Waals surface area contributed by atoms with Gasteiger partial charge in [0.1, 0.15) is 0 Å². The summed E-state index contributed by atoms with van der Waals surface area (Å²) >= 11 is 6.56. The molecule has 0 spiro atoms. The fourth-order valence-electron chi connectivity index (χ4n) is 2.66. The third-order valence-electron chi connectivity index (χ3n) is 3.75. The van der Waals surface area contributed by atoms with E-state index < -0.39 is 10.0 Å². The number of rotatable bonds is 4. The van der Waals surface area contributed by atoms with Gasteiger partial charge in [0.15, 0.2) is 6.19 Å². The fourth-order valence-corrected chi connectivity index (χ4v) is 5.41. The van der Waals surface area contributed by atoms with Crippen LogP contribution in [-0.4, -0.2) is 31.9 Å². The quantitative estimate of drug-likeness (QED) is 0.715. The zero-order valence-electron chi connectivity index (χ0n) is 12.3. The molecule has 1 aromatic carbocycles. The van der Waals surface area contributed by atoms with E-state index in [0.717, 1.165) is 0 Å². The first-order valence-corrected chi connectivity index (χ1v) is 9.95. The molecule has 0 amide bonds. The number of nitrogens with zero attached hydrogens (tertiary/aromatic N) is 2. The Labute approximate surface area is 148 Å². The van der Waals surface area contributed by atoms with Crippen LogP contribution in [0.15, 0.2) is 32.0 Å². The summed E-state index contributed by atoms with van der Waals surface area (Å²) in [5, 5.41) is 9.18. The Bertz CT molecular complexity index is 701. The van der Waals surface area contributed by atoms with Crippen molar-refractivity contribution in [1.29, 1.82) is 5.26 Å². The van der Waals surface area contributed by atoms with Crippen LogP contribution < -0.4 is 4.72 Å². The smallest absolute Gasteiger partial charge is 0.242 e. The summed E-state index contributed by atoms with van der Waals surface area (Å²) in [5.41, 5.74) is 0. The highest BCUT2D eigenvalue weighted by atomic mass is 79.9. The third-order valence-corrected chi connectivity index (χ3v) is 6.75. The second-order valence-electron chi connectivity index (χ2n) is 5.69. The highest BCUT2D eigenvalue weighted by molar-refractivity contribution is 9.11. The van der Waals surface area contributed by atoms with E-state index in [2.05, 4.69) is 42.8 Å². The molecule has 0 radical (unpaired) electrons.